The molecule has 2 aromatic heterocycles. The fraction of sp³-hybridized carbons (Fsp3) is 0.0400. The lowest BCUT2D eigenvalue weighted by Crippen LogP contribution is -2.12. The van der Waals surface area contributed by atoms with Crippen molar-refractivity contribution in [3.63, 3.8) is 0 Å². The molecule has 0 spiro atoms. The average Bonchev–Trinajstić information content (AvgIpc) is 3.25. The van der Waals surface area contributed by atoms with Crippen LogP contribution in [0.1, 0.15) is 10.4 Å². The second kappa shape index (κ2) is 8.51. The number of carbonyl (C=O) groups is 1. The van der Waals surface area contributed by atoms with E-state index in [9.17, 15) is 9.18 Å². The van der Waals surface area contributed by atoms with Crippen LogP contribution in [-0.4, -0.2) is 25.7 Å². The van der Waals surface area contributed by atoms with Crippen molar-refractivity contribution in [2.75, 3.05) is 10.6 Å². The Morgan fingerprint density at radius 3 is 2.61 bits per heavy atom. The molecule has 0 aliphatic heterocycles. The van der Waals surface area contributed by atoms with Crippen molar-refractivity contribution in [3.05, 3.63) is 96.8 Å². The molecule has 0 unspecified atom stereocenters. The highest BCUT2D eigenvalue weighted by Gasteiger charge is 2.10. The molecule has 2 heterocycles. The van der Waals surface area contributed by atoms with Crippen LogP contribution >= 0.6 is 0 Å². The van der Waals surface area contributed by atoms with Crippen molar-refractivity contribution >= 4 is 34.0 Å². The van der Waals surface area contributed by atoms with Crippen LogP contribution in [0.2, 0.25) is 0 Å². The van der Waals surface area contributed by atoms with Gasteiger partial charge in [-0.25, -0.2) is 14.4 Å². The molecule has 0 fully saturated rings. The predicted octanol–water partition coefficient (Wildman–Crippen LogP) is 5.17. The van der Waals surface area contributed by atoms with Gasteiger partial charge in [-0.2, -0.15) is 5.10 Å². The minimum Gasteiger partial charge on any atom is -0.340 e. The normalized spacial score (nSPS) is 10.8. The number of aryl methyl sites for hydroxylation is 1. The minimum atomic E-state index is -0.412. The molecule has 33 heavy (non-hydrogen) atoms. The molecule has 0 atom stereocenters. The summed E-state index contributed by atoms with van der Waals surface area (Å²) in [5.74, 6) is -0.121. The number of nitrogens with one attached hydrogen (secondary N) is 2. The largest absolute Gasteiger partial charge is 0.340 e. The summed E-state index contributed by atoms with van der Waals surface area (Å²) in [5.41, 5.74) is 4.32. The van der Waals surface area contributed by atoms with Gasteiger partial charge in [0.15, 0.2) is 0 Å². The molecule has 2 N–H and O–H groups in total. The summed E-state index contributed by atoms with van der Waals surface area (Å²) in [7, 11) is 1.88. The first-order valence-corrected chi connectivity index (χ1v) is 10.2. The van der Waals surface area contributed by atoms with Crippen molar-refractivity contribution in [1.29, 1.82) is 0 Å². The van der Waals surface area contributed by atoms with Gasteiger partial charge in [-0.3, -0.25) is 9.48 Å². The van der Waals surface area contributed by atoms with E-state index in [1.165, 1.54) is 18.5 Å². The molecule has 7 nitrogen and oxygen atoms in total. The highest BCUT2D eigenvalue weighted by Crippen LogP contribution is 2.28. The minimum absolute atomic E-state index is 0.335. The Labute approximate surface area is 188 Å². The van der Waals surface area contributed by atoms with Gasteiger partial charge in [0.05, 0.1) is 11.7 Å². The maximum Gasteiger partial charge on any atom is 0.255 e. The lowest BCUT2D eigenvalue weighted by Gasteiger charge is -2.11. The third-order valence-corrected chi connectivity index (χ3v) is 5.14. The first-order valence-electron chi connectivity index (χ1n) is 10.2. The number of amides is 1. The van der Waals surface area contributed by atoms with Crippen molar-refractivity contribution in [1.82, 2.24) is 19.7 Å². The fourth-order valence-electron chi connectivity index (χ4n) is 3.55. The number of carbonyl (C=O) groups excluding carboxylic acids is 1. The van der Waals surface area contributed by atoms with Crippen LogP contribution in [0.3, 0.4) is 0 Å². The summed E-state index contributed by atoms with van der Waals surface area (Å²) in [6.45, 7) is 0. The zero-order chi connectivity index (χ0) is 22.8. The van der Waals surface area contributed by atoms with Gasteiger partial charge in [-0.15, -0.1) is 0 Å². The summed E-state index contributed by atoms with van der Waals surface area (Å²) in [4.78, 5) is 21.4. The van der Waals surface area contributed by atoms with E-state index in [-0.39, 0.29) is 5.91 Å². The number of anilines is 3. The van der Waals surface area contributed by atoms with Crippen LogP contribution in [-0.2, 0) is 7.05 Å². The predicted molar refractivity (Wildman–Crippen MR) is 126 cm³/mol. The molecule has 0 radical (unpaired) electrons. The van der Waals surface area contributed by atoms with Crippen molar-refractivity contribution in [2.45, 2.75) is 0 Å². The number of nitrogens with zero attached hydrogens (tertiary/aromatic N) is 4. The van der Waals surface area contributed by atoms with E-state index in [1.54, 1.807) is 35.0 Å². The molecule has 0 saturated carbocycles. The second-order valence-corrected chi connectivity index (χ2v) is 7.53. The van der Waals surface area contributed by atoms with Gasteiger partial charge in [0, 0.05) is 41.1 Å². The van der Waals surface area contributed by atoms with Gasteiger partial charge in [-0.05, 0) is 54.1 Å². The van der Waals surface area contributed by atoms with Gasteiger partial charge >= 0.3 is 0 Å². The Hall–Kier alpha value is -4.59. The molecular formula is C25H19FN6O. The smallest absolute Gasteiger partial charge is 0.255 e. The van der Waals surface area contributed by atoms with Crippen LogP contribution in [0.5, 0.6) is 0 Å². The van der Waals surface area contributed by atoms with Crippen LogP contribution in [0, 0.1) is 5.82 Å². The lowest BCUT2D eigenvalue weighted by atomic mass is 10.1. The molecule has 0 aliphatic rings. The van der Waals surface area contributed by atoms with E-state index in [2.05, 4.69) is 25.7 Å². The molecule has 5 rings (SSSR count). The SMILES string of the molecule is Cn1cc(-c2ccc3c(Nc4cccc(C(=O)Nc5cccc(F)c5)c4)ncnc3c2)cn1. The zero-order valence-corrected chi connectivity index (χ0v) is 17.7. The number of halogens is 1. The average molecular weight is 438 g/mol. The van der Waals surface area contributed by atoms with Gasteiger partial charge < -0.3 is 10.6 Å². The molecule has 8 heteroatoms. The van der Waals surface area contributed by atoms with Gasteiger partial charge in [-0.1, -0.05) is 18.2 Å². The van der Waals surface area contributed by atoms with E-state index < -0.39 is 5.82 Å². The Kier molecular flexibility index (Phi) is 5.24. The van der Waals surface area contributed by atoms with Crippen molar-refractivity contribution in [3.8, 4) is 11.1 Å². The molecule has 0 aliphatic carbocycles. The summed E-state index contributed by atoms with van der Waals surface area (Å²) >= 11 is 0. The van der Waals surface area contributed by atoms with Crippen molar-refractivity contribution in [2.24, 2.45) is 7.05 Å². The van der Waals surface area contributed by atoms with E-state index >= 15 is 0 Å². The lowest BCUT2D eigenvalue weighted by molar-refractivity contribution is 0.102. The van der Waals surface area contributed by atoms with E-state index in [0.29, 0.717) is 22.8 Å². The zero-order valence-electron chi connectivity index (χ0n) is 17.7. The Morgan fingerprint density at radius 1 is 0.939 bits per heavy atom. The second-order valence-electron chi connectivity index (χ2n) is 7.53. The standard InChI is InChI=1S/C25H19FN6O/c1-32-14-18(13-29-32)16-8-9-22-23(11-16)27-15-28-24(22)30-20-6-2-4-17(10-20)25(33)31-21-7-3-5-19(26)12-21/h2-15H,1H3,(H,31,33)(H,27,28,30). The highest BCUT2D eigenvalue weighted by molar-refractivity contribution is 6.05. The number of fused-ring (bicyclic) bond motifs is 1. The van der Waals surface area contributed by atoms with Crippen LogP contribution in [0.25, 0.3) is 22.0 Å². The molecule has 0 saturated heterocycles. The van der Waals surface area contributed by atoms with Crippen LogP contribution < -0.4 is 10.6 Å². The number of hydrogen-bond acceptors (Lipinski definition) is 5. The fourth-order valence-corrected chi connectivity index (χ4v) is 3.55. The highest BCUT2D eigenvalue weighted by atomic mass is 19.1. The molecule has 3 aromatic carbocycles. The maximum absolute atomic E-state index is 13.4. The van der Waals surface area contributed by atoms with Gasteiger partial charge in [0.2, 0.25) is 0 Å². The van der Waals surface area contributed by atoms with Crippen molar-refractivity contribution < 1.29 is 9.18 Å². The summed E-state index contributed by atoms with van der Waals surface area (Å²) < 4.78 is 15.2. The third-order valence-electron chi connectivity index (χ3n) is 5.14. The molecular weight excluding hydrogens is 419 g/mol. The van der Waals surface area contributed by atoms with Gasteiger partial charge in [0.25, 0.3) is 5.91 Å². The summed E-state index contributed by atoms with van der Waals surface area (Å²) in [6, 6.07) is 18.7. The first kappa shape index (κ1) is 20.3. The van der Waals surface area contributed by atoms with E-state index in [1.807, 2.05) is 43.7 Å². The number of rotatable bonds is 5. The molecule has 0 bridgehead atoms. The van der Waals surface area contributed by atoms with Crippen LogP contribution in [0.15, 0.2) is 85.5 Å². The summed E-state index contributed by atoms with van der Waals surface area (Å²) in [6.07, 6.45) is 5.25. The number of hydrogen-bond donors (Lipinski definition) is 2. The molecule has 1 amide bonds. The van der Waals surface area contributed by atoms with Gasteiger partial charge in [0.1, 0.15) is 18.0 Å². The van der Waals surface area contributed by atoms with E-state index in [4.69, 9.17) is 0 Å². The Bertz CT molecular complexity index is 1480. The number of benzene rings is 3. The Balaban J connectivity index is 1.40. The Morgan fingerprint density at radius 2 is 1.79 bits per heavy atom. The topological polar surface area (TPSA) is 84.7 Å². The van der Waals surface area contributed by atoms with E-state index in [0.717, 1.165) is 22.0 Å². The first-order chi connectivity index (χ1) is 16.0. The summed E-state index contributed by atoms with van der Waals surface area (Å²) in [5, 5.41) is 11.0. The quantitative estimate of drug-likeness (QED) is 0.396. The third kappa shape index (κ3) is 4.40. The molecule has 5 aromatic rings. The number of aromatic nitrogens is 4. The molecule has 162 valence electrons. The monoisotopic (exact) mass is 438 g/mol. The maximum atomic E-state index is 13.4. The van der Waals surface area contributed by atoms with Crippen LogP contribution in [0.4, 0.5) is 21.6 Å².